The zero-order valence-electron chi connectivity index (χ0n) is 15.4. The van der Waals surface area contributed by atoms with Gasteiger partial charge >= 0.3 is 0 Å². The highest BCUT2D eigenvalue weighted by Gasteiger charge is 2.23. The Kier molecular flexibility index (Phi) is 6.77. The van der Waals surface area contributed by atoms with Crippen molar-refractivity contribution in [1.29, 1.82) is 0 Å². The number of aryl methyl sites for hydroxylation is 1. The third-order valence-corrected chi connectivity index (χ3v) is 5.81. The number of hydrogen-bond donors (Lipinski definition) is 2. The first-order valence-electron chi connectivity index (χ1n) is 9.38. The highest BCUT2D eigenvalue weighted by atomic mass is 32.1. The molecule has 2 aromatic rings. The van der Waals surface area contributed by atoms with E-state index in [1.54, 1.807) is 11.3 Å². The Morgan fingerprint density at radius 1 is 1.35 bits per heavy atom. The number of rotatable bonds is 7. The van der Waals surface area contributed by atoms with Crippen LogP contribution in [-0.2, 0) is 11.3 Å². The van der Waals surface area contributed by atoms with E-state index in [0.29, 0.717) is 25.6 Å². The van der Waals surface area contributed by atoms with Crippen LogP contribution < -0.4 is 11.1 Å². The topological polar surface area (TPSA) is 71.2 Å². The summed E-state index contributed by atoms with van der Waals surface area (Å²) >= 11 is 1.70. The lowest BCUT2D eigenvalue weighted by Gasteiger charge is -2.35. The molecule has 26 heavy (non-hydrogen) atoms. The van der Waals surface area contributed by atoms with Crippen molar-refractivity contribution in [1.82, 2.24) is 15.2 Å². The lowest BCUT2D eigenvalue weighted by atomic mass is 10.0. The van der Waals surface area contributed by atoms with E-state index in [1.807, 2.05) is 0 Å². The molecule has 3 rings (SSSR count). The number of nitrogens with zero attached hydrogens (tertiary/aromatic N) is 2. The fraction of sp³-hybridized carbons (Fsp3) is 0.500. The molecule has 5 nitrogen and oxygen atoms in total. The monoisotopic (exact) mass is 372 g/mol. The van der Waals surface area contributed by atoms with E-state index >= 15 is 0 Å². The van der Waals surface area contributed by atoms with E-state index in [-0.39, 0.29) is 5.91 Å². The van der Waals surface area contributed by atoms with E-state index in [1.165, 1.54) is 24.0 Å². The molecule has 1 aliphatic rings. The fourth-order valence-corrected chi connectivity index (χ4v) is 4.18. The van der Waals surface area contributed by atoms with Gasteiger partial charge in [0.1, 0.15) is 5.01 Å². The second-order valence-electron chi connectivity index (χ2n) is 6.97. The molecule has 1 fully saturated rings. The Labute approximate surface area is 159 Å². The molecule has 3 N–H and O–H groups in total. The number of amides is 1. The molecule has 0 aliphatic carbocycles. The van der Waals surface area contributed by atoms with Gasteiger partial charge in [-0.3, -0.25) is 9.69 Å². The summed E-state index contributed by atoms with van der Waals surface area (Å²) in [6, 6.07) is 8.90. The number of thiazole rings is 1. The minimum Gasteiger partial charge on any atom is -0.354 e. The van der Waals surface area contributed by atoms with Crippen molar-refractivity contribution in [2.24, 2.45) is 5.73 Å². The summed E-state index contributed by atoms with van der Waals surface area (Å²) in [7, 11) is 0. The first-order valence-corrected chi connectivity index (χ1v) is 10.3. The molecular weight excluding hydrogens is 344 g/mol. The Hall–Kier alpha value is -1.76. The van der Waals surface area contributed by atoms with Crippen molar-refractivity contribution in [2.45, 2.75) is 45.2 Å². The Bertz CT molecular complexity index is 713. The second-order valence-corrected chi connectivity index (χ2v) is 7.83. The van der Waals surface area contributed by atoms with Crippen LogP contribution in [0, 0.1) is 6.92 Å². The molecular formula is C20H28N4OS. The van der Waals surface area contributed by atoms with Crippen LogP contribution in [0.2, 0.25) is 0 Å². The van der Waals surface area contributed by atoms with Crippen molar-refractivity contribution in [3.8, 4) is 10.6 Å². The van der Waals surface area contributed by atoms with Gasteiger partial charge in [0.2, 0.25) is 5.91 Å². The number of benzene rings is 1. The summed E-state index contributed by atoms with van der Waals surface area (Å²) in [5.41, 5.74) is 9.00. The van der Waals surface area contributed by atoms with Crippen LogP contribution in [0.5, 0.6) is 0 Å². The van der Waals surface area contributed by atoms with Crippen LogP contribution in [0.15, 0.2) is 29.6 Å². The molecule has 6 heteroatoms. The van der Waals surface area contributed by atoms with Gasteiger partial charge in [-0.05, 0) is 26.3 Å². The smallest absolute Gasteiger partial charge is 0.221 e. The first kappa shape index (κ1) is 19.0. The number of aromatic nitrogens is 1. The third-order valence-electron chi connectivity index (χ3n) is 4.87. The average molecular weight is 373 g/mol. The quantitative estimate of drug-likeness (QED) is 0.784. The maximum Gasteiger partial charge on any atom is 0.221 e. The van der Waals surface area contributed by atoms with E-state index in [4.69, 9.17) is 10.7 Å². The molecule has 0 spiro atoms. The molecule has 1 unspecified atom stereocenters. The van der Waals surface area contributed by atoms with Gasteiger partial charge < -0.3 is 11.1 Å². The molecule has 2 heterocycles. The number of piperidine rings is 1. The number of likely N-dealkylation sites (tertiary alicyclic amines) is 1. The first-order chi connectivity index (χ1) is 12.7. The number of hydrogen-bond acceptors (Lipinski definition) is 5. The van der Waals surface area contributed by atoms with Gasteiger partial charge in [-0.25, -0.2) is 4.98 Å². The van der Waals surface area contributed by atoms with Crippen molar-refractivity contribution in [3.63, 3.8) is 0 Å². The van der Waals surface area contributed by atoms with Gasteiger partial charge in [-0.15, -0.1) is 11.3 Å². The lowest BCUT2D eigenvalue weighted by Crippen LogP contribution is -2.46. The maximum absolute atomic E-state index is 11.7. The average Bonchev–Trinajstić information content (AvgIpc) is 3.10. The van der Waals surface area contributed by atoms with Crippen molar-refractivity contribution >= 4 is 17.2 Å². The lowest BCUT2D eigenvalue weighted by molar-refractivity contribution is -0.121. The van der Waals surface area contributed by atoms with Crippen LogP contribution in [0.25, 0.3) is 10.6 Å². The predicted octanol–water partition coefficient (Wildman–Crippen LogP) is 2.94. The zero-order valence-corrected chi connectivity index (χ0v) is 16.2. The SMILES string of the molecule is Cc1ccc(-c2nc(CN3CCCCC3CNC(=O)CCN)cs2)cc1. The van der Waals surface area contributed by atoms with Crippen LogP contribution in [-0.4, -0.2) is 41.5 Å². The summed E-state index contributed by atoms with van der Waals surface area (Å²) in [5, 5.41) is 6.26. The van der Waals surface area contributed by atoms with Gasteiger partial charge in [-0.2, -0.15) is 0 Å². The molecule has 1 amide bonds. The van der Waals surface area contributed by atoms with E-state index in [9.17, 15) is 4.79 Å². The fourth-order valence-electron chi connectivity index (χ4n) is 3.37. The van der Waals surface area contributed by atoms with E-state index in [0.717, 1.165) is 30.2 Å². The van der Waals surface area contributed by atoms with Crippen LogP contribution in [0.3, 0.4) is 0 Å². The molecule has 1 aliphatic heterocycles. The summed E-state index contributed by atoms with van der Waals surface area (Å²) in [5.74, 6) is 0.0494. The highest BCUT2D eigenvalue weighted by Crippen LogP contribution is 2.26. The van der Waals surface area contributed by atoms with Crippen molar-refractivity contribution < 1.29 is 4.79 Å². The van der Waals surface area contributed by atoms with Crippen molar-refractivity contribution in [2.75, 3.05) is 19.6 Å². The maximum atomic E-state index is 11.7. The minimum atomic E-state index is 0.0494. The minimum absolute atomic E-state index is 0.0494. The molecule has 0 saturated carbocycles. The number of nitrogens with one attached hydrogen (secondary N) is 1. The molecule has 1 atom stereocenters. The number of nitrogens with two attached hydrogens (primary N) is 1. The third kappa shape index (κ3) is 5.13. The van der Waals surface area contributed by atoms with Crippen LogP contribution in [0.4, 0.5) is 0 Å². The van der Waals surface area contributed by atoms with E-state index in [2.05, 4.69) is 46.8 Å². The van der Waals surface area contributed by atoms with Gasteiger partial charge in [0.25, 0.3) is 0 Å². The summed E-state index contributed by atoms with van der Waals surface area (Å²) in [6.07, 6.45) is 3.96. The second kappa shape index (κ2) is 9.26. The normalized spacial score (nSPS) is 18.0. The molecule has 0 radical (unpaired) electrons. The van der Waals surface area contributed by atoms with E-state index < -0.39 is 0 Å². The largest absolute Gasteiger partial charge is 0.354 e. The Balaban J connectivity index is 1.61. The molecule has 1 aromatic carbocycles. The predicted molar refractivity (Wildman–Crippen MR) is 107 cm³/mol. The zero-order chi connectivity index (χ0) is 18.4. The van der Waals surface area contributed by atoms with Crippen molar-refractivity contribution in [3.05, 3.63) is 40.9 Å². The Morgan fingerprint density at radius 2 is 2.15 bits per heavy atom. The van der Waals surface area contributed by atoms with Crippen LogP contribution in [0.1, 0.15) is 36.9 Å². The Morgan fingerprint density at radius 3 is 2.92 bits per heavy atom. The summed E-state index contributed by atoms with van der Waals surface area (Å²) < 4.78 is 0. The standard InChI is InChI=1S/C20H28N4OS/c1-15-5-7-16(8-6-15)20-23-17(14-26-20)13-24-11-3-2-4-18(24)12-22-19(25)9-10-21/h5-8,14,18H,2-4,9-13,21H2,1H3,(H,22,25). The number of carbonyl (C=O) groups excluding carboxylic acids is 1. The molecule has 1 saturated heterocycles. The van der Waals surface area contributed by atoms with Gasteiger partial charge in [0, 0.05) is 43.0 Å². The molecule has 0 bridgehead atoms. The van der Waals surface area contributed by atoms with Gasteiger partial charge in [0.15, 0.2) is 0 Å². The molecule has 140 valence electrons. The highest BCUT2D eigenvalue weighted by molar-refractivity contribution is 7.13. The van der Waals surface area contributed by atoms with Crippen LogP contribution >= 0.6 is 11.3 Å². The summed E-state index contributed by atoms with van der Waals surface area (Å²) in [6.45, 7) is 5.11. The molecule has 1 aromatic heterocycles. The van der Waals surface area contributed by atoms with Gasteiger partial charge in [-0.1, -0.05) is 36.2 Å². The summed E-state index contributed by atoms with van der Waals surface area (Å²) in [4.78, 5) is 19.0. The number of carbonyl (C=O) groups is 1. The van der Waals surface area contributed by atoms with Gasteiger partial charge in [0.05, 0.1) is 5.69 Å².